The third-order valence-corrected chi connectivity index (χ3v) is 4.35. The molecule has 3 aromatic carbocycles. The van der Waals surface area contributed by atoms with Gasteiger partial charge in [0, 0.05) is 35.4 Å². The molecule has 0 bridgehead atoms. The molecule has 0 aliphatic rings. The molecule has 3 aromatic rings. The van der Waals surface area contributed by atoms with Crippen LogP contribution in [0.15, 0.2) is 83.1 Å². The van der Waals surface area contributed by atoms with Crippen LogP contribution in [0.2, 0.25) is 5.02 Å². The highest BCUT2D eigenvalue weighted by atomic mass is 35.5. The summed E-state index contributed by atoms with van der Waals surface area (Å²) in [5, 5.41) is 19.4. The Morgan fingerprint density at radius 2 is 1.78 bits per heavy atom. The summed E-state index contributed by atoms with van der Waals surface area (Å²) >= 11 is 6.26. The predicted octanol–water partition coefficient (Wildman–Crippen LogP) is 5.53. The molecule has 0 saturated carbocycles. The molecule has 5 nitrogen and oxygen atoms in total. The molecule has 0 heterocycles. The van der Waals surface area contributed by atoms with Gasteiger partial charge in [-0.15, -0.1) is 5.11 Å². The van der Waals surface area contributed by atoms with Crippen molar-refractivity contribution in [3.05, 3.63) is 88.9 Å². The van der Waals surface area contributed by atoms with Gasteiger partial charge in [0.05, 0.1) is 0 Å². The minimum absolute atomic E-state index is 0.108. The van der Waals surface area contributed by atoms with Crippen LogP contribution in [0.1, 0.15) is 11.1 Å². The summed E-state index contributed by atoms with van der Waals surface area (Å²) in [6, 6.07) is 23.7. The SMILES string of the molecule is CN/N=N\C(=N)c1cccc(NCc2ccc(-c3ccccc3Cl)cc2)c1. The van der Waals surface area contributed by atoms with E-state index in [1.807, 2.05) is 48.5 Å². The normalized spacial score (nSPS) is 10.7. The topological polar surface area (TPSA) is 72.6 Å². The summed E-state index contributed by atoms with van der Waals surface area (Å²) in [7, 11) is 1.64. The maximum Gasteiger partial charge on any atom is 0.176 e. The number of rotatable bonds is 6. The molecule has 0 fully saturated rings. The molecule has 0 spiro atoms. The maximum absolute atomic E-state index is 7.91. The van der Waals surface area contributed by atoms with Crippen molar-refractivity contribution in [1.82, 2.24) is 5.43 Å². The zero-order valence-corrected chi connectivity index (χ0v) is 15.7. The fraction of sp³-hybridized carbons (Fsp3) is 0.0952. The van der Waals surface area contributed by atoms with Crippen molar-refractivity contribution in [2.45, 2.75) is 6.54 Å². The van der Waals surface area contributed by atoms with E-state index < -0.39 is 0 Å². The number of nitrogens with one attached hydrogen (secondary N) is 3. The Bertz CT molecular complexity index is 951. The highest BCUT2D eigenvalue weighted by Crippen LogP contribution is 2.27. The van der Waals surface area contributed by atoms with Gasteiger partial charge in [0.2, 0.25) is 0 Å². The van der Waals surface area contributed by atoms with Gasteiger partial charge in [0.1, 0.15) is 0 Å². The van der Waals surface area contributed by atoms with E-state index in [4.69, 9.17) is 17.0 Å². The third kappa shape index (κ3) is 4.92. The lowest BCUT2D eigenvalue weighted by atomic mass is 10.0. The van der Waals surface area contributed by atoms with Gasteiger partial charge in [0.25, 0.3) is 0 Å². The van der Waals surface area contributed by atoms with Crippen molar-refractivity contribution in [1.29, 1.82) is 5.41 Å². The summed E-state index contributed by atoms with van der Waals surface area (Å²) < 4.78 is 0. The summed E-state index contributed by atoms with van der Waals surface area (Å²) in [6.45, 7) is 0.678. The molecule has 0 unspecified atom stereocenters. The molecule has 27 heavy (non-hydrogen) atoms. The van der Waals surface area contributed by atoms with Gasteiger partial charge < -0.3 is 5.32 Å². The molecule has 0 saturated heterocycles. The second-order valence-corrected chi connectivity index (χ2v) is 6.29. The largest absolute Gasteiger partial charge is 0.381 e. The summed E-state index contributed by atoms with van der Waals surface area (Å²) in [5.41, 5.74) is 7.44. The van der Waals surface area contributed by atoms with Gasteiger partial charge in [-0.3, -0.25) is 10.8 Å². The first-order valence-corrected chi connectivity index (χ1v) is 8.89. The van der Waals surface area contributed by atoms with Crippen LogP contribution in [0, 0.1) is 5.41 Å². The third-order valence-electron chi connectivity index (χ3n) is 4.02. The van der Waals surface area contributed by atoms with E-state index in [1.54, 1.807) is 7.05 Å². The van der Waals surface area contributed by atoms with Crippen LogP contribution in [0.5, 0.6) is 0 Å². The number of hydrogen-bond acceptors (Lipinski definition) is 3. The molecule has 0 amide bonds. The van der Waals surface area contributed by atoms with Crippen molar-refractivity contribution >= 4 is 23.1 Å². The van der Waals surface area contributed by atoms with E-state index in [9.17, 15) is 0 Å². The molecule has 6 heteroatoms. The molecule has 0 atom stereocenters. The highest BCUT2D eigenvalue weighted by molar-refractivity contribution is 6.33. The van der Waals surface area contributed by atoms with Crippen molar-refractivity contribution in [2.75, 3.05) is 12.4 Å². The van der Waals surface area contributed by atoms with Gasteiger partial charge in [-0.1, -0.05) is 71.4 Å². The van der Waals surface area contributed by atoms with Crippen LogP contribution in [0.4, 0.5) is 5.69 Å². The van der Waals surface area contributed by atoms with Crippen LogP contribution in [0.3, 0.4) is 0 Å². The van der Waals surface area contributed by atoms with Gasteiger partial charge in [-0.25, -0.2) is 0 Å². The Morgan fingerprint density at radius 3 is 2.52 bits per heavy atom. The first-order valence-electron chi connectivity index (χ1n) is 8.51. The Hall–Kier alpha value is -3.18. The van der Waals surface area contributed by atoms with Crippen LogP contribution in [0.25, 0.3) is 11.1 Å². The number of anilines is 1. The number of benzene rings is 3. The summed E-state index contributed by atoms with van der Waals surface area (Å²) in [5.74, 6) is 0.108. The molecule has 0 aromatic heterocycles. The molecule has 136 valence electrons. The van der Waals surface area contributed by atoms with Crippen LogP contribution in [-0.4, -0.2) is 12.9 Å². The minimum atomic E-state index is 0.108. The van der Waals surface area contributed by atoms with E-state index in [-0.39, 0.29) is 5.84 Å². The molecule has 3 rings (SSSR count). The van der Waals surface area contributed by atoms with Crippen molar-refractivity contribution in [3.8, 4) is 11.1 Å². The Labute approximate surface area is 163 Å². The van der Waals surface area contributed by atoms with Crippen LogP contribution >= 0.6 is 11.6 Å². The van der Waals surface area contributed by atoms with Gasteiger partial charge in [0.15, 0.2) is 5.84 Å². The second kappa shape index (κ2) is 8.96. The summed E-state index contributed by atoms with van der Waals surface area (Å²) in [6.07, 6.45) is 0. The van der Waals surface area contributed by atoms with Gasteiger partial charge >= 0.3 is 0 Å². The van der Waals surface area contributed by atoms with E-state index in [0.717, 1.165) is 27.4 Å². The smallest absolute Gasteiger partial charge is 0.176 e. The lowest BCUT2D eigenvalue weighted by Gasteiger charge is -2.09. The van der Waals surface area contributed by atoms with Gasteiger partial charge in [-0.05, 0) is 29.3 Å². The fourth-order valence-electron chi connectivity index (χ4n) is 2.64. The zero-order chi connectivity index (χ0) is 19.1. The van der Waals surface area contributed by atoms with E-state index in [0.29, 0.717) is 12.1 Å². The molecule has 3 N–H and O–H groups in total. The van der Waals surface area contributed by atoms with Crippen LogP contribution in [-0.2, 0) is 6.54 Å². The Balaban J connectivity index is 1.66. The number of halogens is 1. The number of amidine groups is 1. The fourth-order valence-corrected chi connectivity index (χ4v) is 2.88. The van der Waals surface area contributed by atoms with E-state index in [2.05, 4.69) is 45.3 Å². The lowest BCUT2D eigenvalue weighted by molar-refractivity contribution is 0.828. The Kier molecular flexibility index (Phi) is 6.18. The standard InChI is InChI=1S/C21H20ClN5/c1-24-27-26-21(23)17-5-4-6-18(13-17)25-14-15-9-11-16(12-10-15)19-7-2-3-8-20(19)22/h2-13,25H,14H2,1H3,(H2,23,24,26). The molecular formula is C21H20ClN5. The quantitative estimate of drug-likeness (QED) is 0.228. The van der Waals surface area contributed by atoms with Crippen LogP contribution < -0.4 is 10.7 Å². The monoisotopic (exact) mass is 377 g/mol. The molecule has 0 aliphatic heterocycles. The zero-order valence-electron chi connectivity index (χ0n) is 14.9. The second-order valence-electron chi connectivity index (χ2n) is 5.88. The molecule has 0 radical (unpaired) electrons. The number of hydrogen-bond donors (Lipinski definition) is 3. The minimum Gasteiger partial charge on any atom is -0.381 e. The van der Waals surface area contributed by atoms with Crippen molar-refractivity contribution in [2.24, 2.45) is 10.3 Å². The molecule has 0 aliphatic carbocycles. The average Bonchev–Trinajstić information content (AvgIpc) is 2.71. The first-order chi connectivity index (χ1) is 13.2. The Morgan fingerprint density at radius 1 is 1.00 bits per heavy atom. The summed E-state index contributed by atoms with van der Waals surface area (Å²) in [4.78, 5) is 0. The van der Waals surface area contributed by atoms with Crippen molar-refractivity contribution < 1.29 is 0 Å². The highest BCUT2D eigenvalue weighted by Gasteiger charge is 2.04. The average molecular weight is 378 g/mol. The molecular weight excluding hydrogens is 358 g/mol. The van der Waals surface area contributed by atoms with E-state index in [1.165, 1.54) is 0 Å². The first kappa shape index (κ1) is 18.6. The van der Waals surface area contributed by atoms with E-state index >= 15 is 0 Å². The predicted molar refractivity (Wildman–Crippen MR) is 111 cm³/mol. The lowest BCUT2D eigenvalue weighted by Crippen LogP contribution is -2.02. The number of nitrogens with zero attached hydrogens (tertiary/aromatic N) is 2. The van der Waals surface area contributed by atoms with Gasteiger partial charge in [-0.2, -0.15) is 0 Å². The maximum atomic E-state index is 7.91. The van der Waals surface area contributed by atoms with Crippen molar-refractivity contribution in [3.63, 3.8) is 0 Å².